The third kappa shape index (κ3) is 7.38. The summed E-state index contributed by atoms with van der Waals surface area (Å²) in [4.78, 5) is 2.13. The van der Waals surface area contributed by atoms with Gasteiger partial charge in [0.25, 0.3) is 0 Å². The Bertz CT molecular complexity index is 124. The zero-order valence-corrected chi connectivity index (χ0v) is 7.51. The third-order valence-corrected chi connectivity index (χ3v) is 1.61. The molecule has 0 aliphatic heterocycles. The van der Waals surface area contributed by atoms with Crippen molar-refractivity contribution in [2.45, 2.75) is 25.3 Å². The van der Waals surface area contributed by atoms with E-state index in [2.05, 4.69) is 10.8 Å². The summed E-state index contributed by atoms with van der Waals surface area (Å²) in [6.45, 7) is 1.05. The van der Waals surface area contributed by atoms with Gasteiger partial charge in [-0.05, 0) is 33.5 Å². The predicted molar refractivity (Wildman–Crippen MR) is 49.2 cm³/mol. The van der Waals surface area contributed by atoms with Crippen molar-refractivity contribution in [1.29, 1.82) is 0 Å². The highest BCUT2D eigenvalue weighted by atomic mass is 15.0. The molecule has 64 valence electrons. The molecule has 0 aliphatic rings. The van der Waals surface area contributed by atoms with E-state index in [1.165, 1.54) is 0 Å². The summed E-state index contributed by atoms with van der Waals surface area (Å²) in [6.07, 6.45) is 7.90. The summed E-state index contributed by atoms with van der Waals surface area (Å²) in [7, 11) is 4.10. The lowest BCUT2D eigenvalue weighted by Crippen LogP contribution is -2.25. The highest BCUT2D eigenvalue weighted by molar-refractivity contribution is 4.85. The first-order valence-electron chi connectivity index (χ1n) is 4.00. The summed E-state index contributed by atoms with van der Waals surface area (Å²) >= 11 is 0. The van der Waals surface area contributed by atoms with Crippen LogP contribution in [0.15, 0.2) is 0 Å². The molecule has 0 fully saturated rings. The minimum atomic E-state index is 0.272. The summed E-state index contributed by atoms with van der Waals surface area (Å²) in [5.41, 5.74) is 5.79. The highest BCUT2D eigenvalue weighted by Gasteiger charge is 2.00. The van der Waals surface area contributed by atoms with Crippen LogP contribution in [-0.4, -0.2) is 31.6 Å². The summed E-state index contributed by atoms with van der Waals surface area (Å²) < 4.78 is 0. The normalized spacial score (nSPS) is 13.0. The molecular formula is C9H18N2. The van der Waals surface area contributed by atoms with Crippen molar-refractivity contribution in [2.75, 3.05) is 20.6 Å². The summed E-state index contributed by atoms with van der Waals surface area (Å²) in [5, 5.41) is 0. The summed E-state index contributed by atoms with van der Waals surface area (Å²) in [5.74, 6) is 2.59. The Morgan fingerprint density at radius 3 is 2.55 bits per heavy atom. The molecule has 0 saturated heterocycles. The van der Waals surface area contributed by atoms with Gasteiger partial charge in [0.1, 0.15) is 0 Å². The van der Waals surface area contributed by atoms with Gasteiger partial charge >= 0.3 is 0 Å². The average Bonchev–Trinajstić information content (AvgIpc) is 1.97. The Morgan fingerprint density at radius 1 is 1.45 bits per heavy atom. The lowest BCUT2D eigenvalue weighted by atomic mass is 10.1. The summed E-state index contributed by atoms with van der Waals surface area (Å²) in [6, 6.07) is 0.272. The van der Waals surface area contributed by atoms with Gasteiger partial charge in [0.15, 0.2) is 0 Å². The van der Waals surface area contributed by atoms with Gasteiger partial charge in [-0.25, -0.2) is 0 Å². The molecule has 0 aromatic heterocycles. The number of hydrogen-bond donors (Lipinski definition) is 1. The van der Waals surface area contributed by atoms with Gasteiger partial charge < -0.3 is 10.6 Å². The van der Waals surface area contributed by atoms with Gasteiger partial charge in [0.05, 0.1) is 0 Å². The van der Waals surface area contributed by atoms with Gasteiger partial charge in [0, 0.05) is 12.5 Å². The Hall–Kier alpha value is -0.520. The van der Waals surface area contributed by atoms with Crippen molar-refractivity contribution < 1.29 is 0 Å². The van der Waals surface area contributed by atoms with E-state index in [0.717, 1.165) is 25.8 Å². The molecule has 2 heteroatoms. The van der Waals surface area contributed by atoms with E-state index >= 15 is 0 Å². The minimum absolute atomic E-state index is 0.272. The fourth-order valence-electron chi connectivity index (χ4n) is 0.837. The van der Waals surface area contributed by atoms with E-state index in [-0.39, 0.29) is 6.04 Å². The standard InChI is InChI=1S/C9H18N2/c1-4-5-6-9(10)7-8-11(2)3/h1,9H,5-8,10H2,2-3H3. The van der Waals surface area contributed by atoms with E-state index in [0.29, 0.717) is 0 Å². The van der Waals surface area contributed by atoms with Crippen LogP contribution in [0, 0.1) is 12.3 Å². The largest absolute Gasteiger partial charge is 0.328 e. The molecule has 11 heavy (non-hydrogen) atoms. The first-order chi connectivity index (χ1) is 5.16. The Morgan fingerprint density at radius 2 is 2.09 bits per heavy atom. The second-order valence-electron chi connectivity index (χ2n) is 3.09. The van der Waals surface area contributed by atoms with Crippen molar-refractivity contribution in [3.8, 4) is 12.3 Å². The zero-order chi connectivity index (χ0) is 8.69. The van der Waals surface area contributed by atoms with Crippen LogP contribution in [0.3, 0.4) is 0 Å². The fourth-order valence-corrected chi connectivity index (χ4v) is 0.837. The molecule has 1 atom stereocenters. The van der Waals surface area contributed by atoms with Crippen molar-refractivity contribution in [3.05, 3.63) is 0 Å². The van der Waals surface area contributed by atoms with E-state index in [9.17, 15) is 0 Å². The Labute approximate surface area is 69.8 Å². The number of terminal acetylenes is 1. The van der Waals surface area contributed by atoms with Gasteiger partial charge in [-0.2, -0.15) is 0 Å². The van der Waals surface area contributed by atoms with Crippen LogP contribution in [0.1, 0.15) is 19.3 Å². The van der Waals surface area contributed by atoms with E-state index in [4.69, 9.17) is 12.2 Å². The maximum absolute atomic E-state index is 5.79. The monoisotopic (exact) mass is 154 g/mol. The van der Waals surface area contributed by atoms with E-state index in [1.54, 1.807) is 0 Å². The van der Waals surface area contributed by atoms with Gasteiger partial charge in [-0.3, -0.25) is 0 Å². The molecule has 0 aromatic carbocycles. The minimum Gasteiger partial charge on any atom is -0.328 e. The lowest BCUT2D eigenvalue weighted by Gasteiger charge is -2.13. The molecular weight excluding hydrogens is 136 g/mol. The molecule has 1 unspecified atom stereocenters. The second-order valence-corrected chi connectivity index (χ2v) is 3.09. The van der Waals surface area contributed by atoms with E-state index < -0.39 is 0 Å². The molecule has 0 rings (SSSR count). The zero-order valence-electron chi connectivity index (χ0n) is 7.51. The molecule has 0 bridgehead atoms. The highest BCUT2D eigenvalue weighted by Crippen LogP contribution is 1.98. The first kappa shape index (κ1) is 10.5. The lowest BCUT2D eigenvalue weighted by molar-refractivity contribution is 0.376. The number of nitrogens with two attached hydrogens (primary N) is 1. The third-order valence-electron chi connectivity index (χ3n) is 1.61. The quantitative estimate of drug-likeness (QED) is 0.590. The molecule has 0 heterocycles. The maximum atomic E-state index is 5.79. The van der Waals surface area contributed by atoms with Crippen LogP contribution in [0.25, 0.3) is 0 Å². The van der Waals surface area contributed by atoms with Crippen LogP contribution in [0.4, 0.5) is 0 Å². The molecule has 0 radical (unpaired) electrons. The van der Waals surface area contributed by atoms with Gasteiger partial charge in [-0.15, -0.1) is 12.3 Å². The fraction of sp³-hybridized carbons (Fsp3) is 0.778. The average molecular weight is 154 g/mol. The molecule has 0 aliphatic carbocycles. The van der Waals surface area contributed by atoms with Gasteiger partial charge in [-0.1, -0.05) is 0 Å². The topological polar surface area (TPSA) is 29.3 Å². The first-order valence-corrected chi connectivity index (χ1v) is 4.00. The second kappa shape index (κ2) is 6.21. The predicted octanol–water partition coefficient (Wildman–Crippen LogP) is 0.679. The Kier molecular flexibility index (Phi) is 5.91. The number of hydrogen-bond acceptors (Lipinski definition) is 2. The number of rotatable bonds is 5. The maximum Gasteiger partial charge on any atom is 0.0101 e. The number of nitrogens with zero attached hydrogens (tertiary/aromatic N) is 1. The van der Waals surface area contributed by atoms with Crippen LogP contribution in [0.2, 0.25) is 0 Å². The molecule has 0 aromatic rings. The van der Waals surface area contributed by atoms with E-state index in [1.807, 2.05) is 14.1 Å². The van der Waals surface area contributed by atoms with Crippen molar-refractivity contribution >= 4 is 0 Å². The molecule has 2 N–H and O–H groups in total. The SMILES string of the molecule is C#CCCC(N)CCN(C)C. The van der Waals surface area contributed by atoms with Crippen molar-refractivity contribution in [2.24, 2.45) is 5.73 Å². The van der Waals surface area contributed by atoms with Crippen molar-refractivity contribution in [1.82, 2.24) is 4.90 Å². The molecule has 0 spiro atoms. The molecule has 2 nitrogen and oxygen atoms in total. The van der Waals surface area contributed by atoms with Crippen LogP contribution < -0.4 is 5.73 Å². The van der Waals surface area contributed by atoms with Gasteiger partial charge in [0.2, 0.25) is 0 Å². The van der Waals surface area contributed by atoms with Crippen LogP contribution in [0.5, 0.6) is 0 Å². The van der Waals surface area contributed by atoms with Crippen LogP contribution >= 0.6 is 0 Å². The van der Waals surface area contributed by atoms with Crippen LogP contribution in [-0.2, 0) is 0 Å². The Balaban J connectivity index is 3.23. The molecule has 0 saturated carbocycles. The smallest absolute Gasteiger partial charge is 0.0101 e. The molecule has 0 amide bonds. The van der Waals surface area contributed by atoms with Crippen molar-refractivity contribution in [3.63, 3.8) is 0 Å².